The standard InChI is InChI=1S/C23H21ClN6/c1-27-13-15-29(17-9-5-3-6-10-17)22(27)19-20(25-26-21(19)24)23-28(2)14-16-30(23)18-11-7-4-8-12-18/h3-16,25H,1-2H3. The van der Waals surface area contributed by atoms with Gasteiger partial charge in [-0.1, -0.05) is 48.0 Å². The Morgan fingerprint density at radius 2 is 1.20 bits per heavy atom. The smallest absolute Gasteiger partial charge is 0.162 e. The van der Waals surface area contributed by atoms with Gasteiger partial charge >= 0.3 is 0 Å². The van der Waals surface area contributed by atoms with E-state index in [1.54, 1.807) is 0 Å². The molecule has 0 atom stereocenters. The molecule has 2 aromatic carbocycles. The number of H-pyrrole nitrogens is 1. The molecule has 1 aromatic heterocycles. The second-order valence-electron chi connectivity index (χ2n) is 7.14. The van der Waals surface area contributed by atoms with Crippen LogP contribution in [0, 0.1) is 0 Å². The van der Waals surface area contributed by atoms with Crippen LogP contribution in [-0.2, 0) is 0 Å². The third kappa shape index (κ3) is 2.93. The van der Waals surface area contributed by atoms with Gasteiger partial charge in [-0.25, -0.2) is 0 Å². The fourth-order valence-corrected chi connectivity index (χ4v) is 4.05. The van der Waals surface area contributed by atoms with Gasteiger partial charge in [0.05, 0.1) is 5.22 Å². The molecular formula is C23H21ClN6. The zero-order chi connectivity index (χ0) is 20.7. The lowest BCUT2D eigenvalue weighted by molar-refractivity contribution is 0.648. The Hall–Kier alpha value is -3.64. The predicted octanol–water partition coefficient (Wildman–Crippen LogP) is 3.04. The number of nitrogens with one attached hydrogen (secondary N) is 1. The van der Waals surface area contributed by atoms with Gasteiger partial charge < -0.3 is 14.7 Å². The fraction of sp³-hybridized carbons (Fsp3) is 0.0870. The van der Waals surface area contributed by atoms with Crippen LogP contribution < -0.4 is 20.4 Å². The third-order valence-corrected chi connectivity index (χ3v) is 5.51. The molecule has 2 aliphatic rings. The number of hydrogen-bond acceptors (Lipinski definition) is 5. The van der Waals surface area contributed by atoms with Crippen molar-refractivity contribution in [1.82, 2.24) is 20.0 Å². The number of nitrogens with zero attached hydrogens (tertiary/aromatic N) is 5. The van der Waals surface area contributed by atoms with Crippen LogP contribution in [0.2, 0.25) is 5.15 Å². The lowest BCUT2D eigenvalue weighted by Gasteiger charge is -2.24. The van der Waals surface area contributed by atoms with E-state index in [4.69, 9.17) is 11.6 Å². The van der Waals surface area contributed by atoms with Gasteiger partial charge in [-0.2, -0.15) is 5.10 Å². The van der Waals surface area contributed by atoms with E-state index in [0.717, 1.165) is 33.6 Å². The highest BCUT2D eigenvalue weighted by Crippen LogP contribution is 2.28. The Labute approximate surface area is 179 Å². The van der Waals surface area contributed by atoms with E-state index < -0.39 is 0 Å². The first-order valence-corrected chi connectivity index (χ1v) is 10.0. The first kappa shape index (κ1) is 18.4. The molecular weight excluding hydrogens is 396 g/mol. The average Bonchev–Trinajstić information content (AvgIpc) is 3.45. The van der Waals surface area contributed by atoms with Gasteiger partial charge in [-0.05, 0) is 24.3 Å². The summed E-state index contributed by atoms with van der Waals surface area (Å²) in [5.74, 6) is 1.90. The third-order valence-electron chi connectivity index (χ3n) is 5.24. The monoisotopic (exact) mass is 416 g/mol. The molecule has 0 unspecified atom stereocenters. The number of benzene rings is 2. The maximum absolute atomic E-state index is 6.65. The van der Waals surface area contributed by atoms with Crippen molar-refractivity contribution in [3.63, 3.8) is 0 Å². The number of halogens is 1. The van der Waals surface area contributed by atoms with Crippen LogP contribution in [0.15, 0.2) is 85.5 Å². The van der Waals surface area contributed by atoms with E-state index in [1.807, 2.05) is 75.3 Å². The van der Waals surface area contributed by atoms with Crippen molar-refractivity contribution in [3.05, 3.63) is 101 Å². The molecule has 0 amide bonds. The number of hydrogen-bond donors (Lipinski definition) is 1. The molecule has 1 N–H and O–H groups in total. The molecule has 0 bridgehead atoms. The SMILES string of the molecule is CN1C=CN(c2ccccc2)C1=c1[nH]nc(Cl)c1=C1N(C)C=CN1c1ccccc1. The molecule has 2 aliphatic heterocycles. The van der Waals surface area contributed by atoms with Crippen molar-refractivity contribution >= 4 is 34.6 Å². The quantitative estimate of drug-likeness (QED) is 0.695. The molecule has 3 aromatic rings. The van der Waals surface area contributed by atoms with Crippen LogP contribution in [0.25, 0.3) is 11.6 Å². The summed E-state index contributed by atoms with van der Waals surface area (Å²) in [5.41, 5.74) is 2.12. The van der Waals surface area contributed by atoms with Gasteiger partial charge in [-0.15, -0.1) is 0 Å². The van der Waals surface area contributed by atoms with Crippen molar-refractivity contribution < 1.29 is 0 Å². The number of aromatic amines is 1. The number of anilines is 2. The molecule has 3 heterocycles. The summed E-state index contributed by atoms with van der Waals surface area (Å²) in [6.07, 6.45) is 8.12. The lowest BCUT2D eigenvalue weighted by atomic mass is 10.2. The van der Waals surface area contributed by atoms with Crippen LogP contribution in [0.5, 0.6) is 0 Å². The van der Waals surface area contributed by atoms with E-state index in [0.29, 0.717) is 5.15 Å². The Kier molecular flexibility index (Phi) is 4.48. The zero-order valence-corrected chi connectivity index (χ0v) is 17.5. The first-order valence-electron chi connectivity index (χ1n) is 9.64. The molecule has 0 saturated carbocycles. The maximum Gasteiger partial charge on any atom is 0.162 e. The van der Waals surface area contributed by atoms with Crippen LogP contribution in [0.4, 0.5) is 11.4 Å². The highest BCUT2D eigenvalue weighted by atomic mass is 35.5. The number of aromatic nitrogens is 2. The van der Waals surface area contributed by atoms with Crippen molar-refractivity contribution in [1.29, 1.82) is 0 Å². The second kappa shape index (κ2) is 7.31. The van der Waals surface area contributed by atoms with Gasteiger partial charge in [0, 0.05) is 50.3 Å². The summed E-state index contributed by atoms with van der Waals surface area (Å²) in [5, 5.41) is 9.66. The molecule has 30 heavy (non-hydrogen) atoms. The maximum atomic E-state index is 6.65. The predicted molar refractivity (Wildman–Crippen MR) is 121 cm³/mol. The topological polar surface area (TPSA) is 41.6 Å². The summed E-state index contributed by atoms with van der Waals surface area (Å²) in [4.78, 5) is 8.37. The van der Waals surface area contributed by atoms with Gasteiger partial charge in [0.15, 0.2) is 5.15 Å². The highest BCUT2D eigenvalue weighted by Gasteiger charge is 2.26. The highest BCUT2D eigenvalue weighted by molar-refractivity contribution is 6.29. The largest absolute Gasteiger partial charge is 0.335 e. The lowest BCUT2D eigenvalue weighted by Crippen LogP contribution is -2.40. The van der Waals surface area contributed by atoms with E-state index in [-0.39, 0.29) is 0 Å². The van der Waals surface area contributed by atoms with Crippen LogP contribution in [-0.4, -0.2) is 34.1 Å². The van der Waals surface area contributed by atoms with E-state index in [1.165, 1.54) is 0 Å². The molecule has 7 heteroatoms. The Morgan fingerprint density at radius 3 is 1.77 bits per heavy atom. The summed E-state index contributed by atoms with van der Waals surface area (Å²) in [7, 11) is 4.03. The van der Waals surface area contributed by atoms with E-state index in [9.17, 15) is 0 Å². The second-order valence-corrected chi connectivity index (χ2v) is 7.50. The minimum absolute atomic E-state index is 0.428. The van der Waals surface area contributed by atoms with Crippen LogP contribution >= 0.6 is 11.6 Å². The summed E-state index contributed by atoms with van der Waals surface area (Å²) < 4.78 is 0. The molecule has 0 spiro atoms. The van der Waals surface area contributed by atoms with Crippen molar-refractivity contribution in [2.45, 2.75) is 0 Å². The Morgan fingerprint density at radius 1 is 0.700 bits per heavy atom. The van der Waals surface area contributed by atoms with Crippen molar-refractivity contribution in [2.24, 2.45) is 0 Å². The summed E-state index contributed by atoms with van der Waals surface area (Å²) in [6.45, 7) is 0. The van der Waals surface area contributed by atoms with Crippen LogP contribution in [0.3, 0.4) is 0 Å². The molecule has 0 aliphatic carbocycles. The average molecular weight is 417 g/mol. The minimum atomic E-state index is 0.428. The molecule has 5 rings (SSSR count). The Balaban J connectivity index is 1.79. The molecule has 0 fully saturated rings. The van der Waals surface area contributed by atoms with Gasteiger partial charge in [-0.3, -0.25) is 10.00 Å². The zero-order valence-electron chi connectivity index (χ0n) is 16.7. The molecule has 0 saturated heterocycles. The van der Waals surface area contributed by atoms with Gasteiger partial charge in [0.2, 0.25) is 0 Å². The van der Waals surface area contributed by atoms with E-state index >= 15 is 0 Å². The number of para-hydroxylation sites is 2. The van der Waals surface area contributed by atoms with Crippen LogP contribution in [0.1, 0.15) is 0 Å². The van der Waals surface area contributed by atoms with Gasteiger partial charge in [0.25, 0.3) is 0 Å². The summed E-state index contributed by atoms with van der Waals surface area (Å²) in [6, 6.07) is 20.4. The summed E-state index contributed by atoms with van der Waals surface area (Å²) >= 11 is 6.65. The fourth-order valence-electron chi connectivity index (χ4n) is 3.83. The van der Waals surface area contributed by atoms with Gasteiger partial charge in [0.1, 0.15) is 17.0 Å². The normalized spacial score (nSPS) is 19.4. The Bertz CT molecular complexity index is 1250. The first-order chi connectivity index (χ1) is 14.6. The molecule has 0 radical (unpaired) electrons. The molecule has 6 nitrogen and oxygen atoms in total. The minimum Gasteiger partial charge on any atom is -0.335 e. The van der Waals surface area contributed by atoms with Crippen molar-refractivity contribution in [3.8, 4) is 0 Å². The van der Waals surface area contributed by atoms with Crippen molar-refractivity contribution in [2.75, 3.05) is 23.9 Å². The number of rotatable bonds is 2. The van der Waals surface area contributed by atoms with E-state index in [2.05, 4.69) is 54.1 Å². The molecule has 150 valence electrons.